The van der Waals surface area contributed by atoms with Gasteiger partial charge in [0.05, 0.1) is 5.69 Å². The maximum atomic E-state index is 14.5. The lowest BCUT2D eigenvalue weighted by Crippen LogP contribution is -2.08. The number of anilines is 1. The number of nitrogens with zero attached hydrogens (tertiary/aromatic N) is 3. The lowest BCUT2D eigenvalue weighted by molar-refractivity contribution is 0.540. The van der Waals surface area contributed by atoms with Crippen LogP contribution >= 0.6 is 0 Å². The molecule has 2 heterocycles. The summed E-state index contributed by atoms with van der Waals surface area (Å²) in [6.07, 6.45) is 2.01. The van der Waals surface area contributed by atoms with Crippen molar-refractivity contribution in [3.05, 3.63) is 66.1 Å². The van der Waals surface area contributed by atoms with Crippen molar-refractivity contribution in [2.45, 2.75) is 6.54 Å². The van der Waals surface area contributed by atoms with Gasteiger partial charge >= 0.3 is 0 Å². The molecule has 0 atom stereocenters. The highest BCUT2D eigenvalue weighted by Gasteiger charge is 2.19. The van der Waals surface area contributed by atoms with Crippen LogP contribution in [0.15, 0.2) is 54.7 Å². The Hall–Kier alpha value is -3.02. The lowest BCUT2D eigenvalue weighted by Gasteiger charge is -2.05. The van der Waals surface area contributed by atoms with Crippen LogP contribution in [-0.2, 0) is 11.3 Å². The average molecular weight is 296 g/mol. The van der Waals surface area contributed by atoms with Gasteiger partial charge in [-0.2, -0.15) is 9.78 Å². The number of nitrogens with one attached hydrogen (secondary N) is 1. The number of carbonyl (C=O) groups excluding carboxylic acids is 1. The van der Waals surface area contributed by atoms with Crippen LogP contribution in [0.3, 0.4) is 0 Å². The fraction of sp³-hybridized carbons (Fsp3) is 0.0625. The van der Waals surface area contributed by atoms with Crippen molar-refractivity contribution < 1.29 is 9.18 Å². The molecule has 2 aromatic heterocycles. The van der Waals surface area contributed by atoms with Crippen molar-refractivity contribution in [3.8, 4) is 11.4 Å². The van der Waals surface area contributed by atoms with Crippen LogP contribution in [-0.4, -0.2) is 21.2 Å². The van der Waals surface area contributed by atoms with Crippen molar-refractivity contribution >= 4 is 12.2 Å². The van der Waals surface area contributed by atoms with Gasteiger partial charge in [0, 0.05) is 12.7 Å². The highest BCUT2D eigenvalue weighted by Crippen LogP contribution is 2.25. The highest BCUT2D eigenvalue weighted by atomic mass is 19.1. The molecule has 110 valence electrons. The second kappa shape index (κ2) is 6.17. The summed E-state index contributed by atoms with van der Waals surface area (Å²) >= 11 is 0. The molecule has 1 aromatic carbocycles. The van der Waals surface area contributed by atoms with E-state index in [1.54, 1.807) is 24.4 Å². The van der Waals surface area contributed by atoms with Gasteiger partial charge in [-0.25, -0.2) is 4.39 Å². The summed E-state index contributed by atoms with van der Waals surface area (Å²) < 4.78 is 15.5. The van der Waals surface area contributed by atoms with Gasteiger partial charge < -0.3 is 5.32 Å². The summed E-state index contributed by atoms with van der Waals surface area (Å²) in [5.74, 6) is -0.568. The standard InChI is InChI=1S/C16H13FN4O/c17-14-15(13-8-4-5-9-18-13)20-21(11-22)16(14)19-10-12-6-2-1-3-7-12/h1-9,11,19H,10H2. The molecule has 3 rings (SSSR count). The van der Waals surface area contributed by atoms with Crippen LogP contribution in [0.5, 0.6) is 0 Å². The topological polar surface area (TPSA) is 59.8 Å². The Labute approximate surface area is 126 Å². The van der Waals surface area contributed by atoms with Crippen molar-refractivity contribution in [1.82, 2.24) is 14.8 Å². The van der Waals surface area contributed by atoms with Gasteiger partial charge in [0.2, 0.25) is 6.41 Å². The van der Waals surface area contributed by atoms with E-state index in [0.29, 0.717) is 18.6 Å². The first-order valence-corrected chi connectivity index (χ1v) is 6.72. The highest BCUT2D eigenvalue weighted by molar-refractivity contribution is 5.68. The summed E-state index contributed by atoms with van der Waals surface area (Å²) in [5.41, 5.74) is 1.39. The van der Waals surface area contributed by atoms with Crippen molar-refractivity contribution in [2.24, 2.45) is 0 Å². The number of pyridine rings is 1. The maximum absolute atomic E-state index is 14.5. The van der Waals surface area contributed by atoms with E-state index >= 15 is 0 Å². The molecule has 0 unspecified atom stereocenters. The second-order valence-electron chi connectivity index (χ2n) is 4.62. The molecule has 0 radical (unpaired) electrons. The average Bonchev–Trinajstić information content (AvgIpc) is 2.90. The quantitative estimate of drug-likeness (QED) is 0.735. The van der Waals surface area contributed by atoms with E-state index in [-0.39, 0.29) is 11.5 Å². The van der Waals surface area contributed by atoms with E-state index in [1.165, 1.54) is 0 Å². The number of halogens is 1. The Balaban J connectivity index is 1.91. The number of carbonyl (C=O) groups is 1. The minimum Gasteiger partial charge on any atom is -0.363 e. The summed E-state index contributed by atoms with van der Waals surface area (Å²) in [6, 6.07) is 14.6. The van der Waals surface area contributed by atoms with E-state index in [2.05, 4.69) is 15.4 Å². The minimum absolute atomic E-state index is 0.0273. The van der Waals surface area contributed by atoms with Gasteiger partial charge in [-0.1, -0.05) is 36.4 Å². The number of benzene rings is 1. The Kier molecular flexibility index (Phi) is 3.91. The van der Waals surface area contributed by atoms with Gasteiger partial charge in [-0.3, -0.25) is 9.78 Å². The molecular formula is C16H13FN4O. The zero-order valence-corrected chi connectivity index (χ0v) is 11.6. The molecule has 1 N–H and O–H groups in total. The Morgan fingerprint density at radius 1 is 1.14 bits per heavy atom. The predicted octanol–water partition coefficient (Wildman–Crippen LogP) is 2.73. The maximum Gasteiger partial charge on any atom is 0.236 e. The molecule has 0 aliphatic heterocycles. The third-order valence-electron chi connectivity index (χ3n) is 3.16. The van der Waals surface area contributed by atoms with Crippen molar-refractivity contribution in [3.63, 3.8) is 0 Å². The SMILES string of the molecule is O=Cn1nc(-c2ccccn2)c(F)c1NCc1ccccc1. The Bertz CT molecular complexity index is 772. The first kappa shape index (κ1) is 13.9. The van der Waals surface area contributed by atoms with Crippen molar-refractivity contribution in [1.29, 1.82) is 0 Å². The molecule has 0 amide bonds. The Morgan fingerprint density at radius 3 is 2.59 bits per heavy atom. The molecule has 3 aromatic rings. The molecule has 5 nitrogen and oxygen atoms in total. The second-order valence-corrected chi connectivity index (χ2v) is 4.62. The summed E-state index contributed by atoms with van der Waals surface area (Å²) in [7, 11) is 0. The molecule has 0 fully saturated rings. The first-order chi connectivity index (χ1) is 10.8. The monoisotopic (exact) mass is 296 g/mol. The van der Waals surface area contributed by atoms with E-state index < -0.39 is 5.82 Å². The van der Waals surface area contributed by atoms with E-state index in [4.69, 9.17) is 0 Å². The van der Waals surface area contributed by atoms with E-state index in [0.717, 1.165) is 10.2 Å². The number of aromatic nitrogens is 3. The molecule has 6 heteroatoms. The largest absolute Gasteiger partial charge is 0.363 e. The third kappa shape index (κ3) is 2.71. The summed E-state index contributed by atoms with van der Waals surface area (Å²) in [5, 5.41) is 6.86. The van der Waals surface area contributed by atoms with Crippen molar-refractivity contribution in [2.75, 3.05) is 5.32 Å². The minimum atomic E-state index is -0.596. The van der Waals surface area contributed by atoms with E-state index in [9.17, 15) is 9.18 Å². The normalized spacial score (nSPS) is 10.4. The van der Waals surface area contributed by atoms with Crippen LogP contribution in [0.2, 0.25) is 0 Å². The van der Waals surface area contributed by atoms with Gasteiger partial charge in [0.1, 0.15) is 5.69 Å². The zero-order chi connectivity index (χ0) is 15.4. The molecule has 0 aliphatic carbocycles. The zero-order valence-electron chi connectivity index (χ0n) is 11.6. The van der Waals surface area contributed by atoms with Crippen LogP contribution in [0.4, 0.5) is 10.2 Å². The van der Waals surface area contributed by atoms with Gasteiger partial charge in [-0.05, 0) is 17.7 Å². The molecule has 0 bridgehead atoms. The number of rotatable bonds is 5. The molecule has 0 saturated carbocycles. The van der Waals surface area contributed by atoms with Gasteiger partial charge in [-0.15, -0.1) is 0 Å². The smallest absolute Gasteiger partial charge is 0.236 e. The third-order valence-corrected chi connectivity index (χ3v) is 3.16. The Morgan fingerprint density at radius 2 is 1.91 bits per heavy atom. The molecular weight excluding hydrogens is 283 g/mol. The summed E-state index contributed by atoms with van der Waals surface area (Å²) in [4.78, 5) is 15.2. The molecule has 0 spiro atoms. The fourth-order valence-electron chi connectivity index (χ4n) is 2.10. The van der Waals surface area contributed by atoms with Crippen LogP contribution in [0.25, 0.3) is 11.4 Å². The van der Waals surface area contributed by atoms with Gasteiger partial charge in [0.15, 0.2) is 11.6 Å². The molecule has 22 heavy (non-hydrogen) atoms. The lowest BCUT2D eigenvalue weighted by atomic mass is 10.2. The molecule has 0 aliphatic rings. The number of hydrogen-bond acceptors (Lipinski definition) is 4. The van der Waals surface area contributed by atoms with Gasteiger partial charge in [0.25, 0.3) is 0 Å². The molecule has 0 saturated heterocycles. The van der Waals surface area contributed by atoms with Crippen LogP contribution in [0, 0.1) is 5.82 Å². The van der Waals surface area contributed by atoms with E-state index in [1.807, 2.05) is 30.3 Å². The fourth-order valence-corrected chi connectivity index (χ4v) is 2.10. The first-order valence-electron chi connectivity index (χ1n) is 6.72. The predicted molar refractivity (Wildman–Crippen MR) is 81.3 cm³/mol. The van der Waals surface area contributed by atoms with Crippen LogP contribution < -0.4 is 5.32 Å². The van der Waals surface area contributed by atoms with Crippen LogP contribution in [0.1, 0.15) is 5.56 Å². The number of hydrogen-bond donors (Lipinski definition) is 1. The summed E-state index contributed by atoms with van der Waals surface area (Å²) in [6.45, 7) is 0.388.